The van der Waals surface area contributed by atoms with Gasteiger partial charge >= 0.3 is 0 Å². The molecule has 0 fully saturated rings. The van der Waals surface area contributed by atoms with Crippen LogP contribution in [0.15, 0.2) is 18.3 Å². The van der Waals surface area contributed by atoms with Crippen molar-refractivity contribution in [2.45, 2.75) is 46.5 Å². The highest BCUT2D eigenvalue weighted by atomic mass is 32.2. The molecule has 0 spiro atoms. The van der Waals surface area contributed by atoms with Crippen molar-refractivity contribution in [3.8, 4) is 17.3 Å². The number of ether oxygens (including phenoxy) is 1. The number of sulfone groups is 1. The normalized spacial score (nSPS) is 13.7. The minimum Gasteiger partial charge on any atom is -0.492 e. The quantitative estimate of drug-likeness (QED) is 0.563. The molecule has 0 saturated heterocycles. The molecule has 0 saturated carbocycles. The van der Waals surface area contributed by atoms with E-state index in [-0.39, 0.29) is 23.6 Å². The SMILES string of the molecule is CN(CC(=O)CC(C)(C)C)c1nc(-c2cc(OCCS(C)(=O)=O)ccn2)nc2c1CCC2. The van der Waals surface area contributed by atoms with E-state index < -0.39 is 9.84 Å². The highest BCUT2D eigenvalue weighted by molar-refractivity contribution is 7.90. The molecule has 0 amide bonds. The van der Waals surface area contributed by atoms with Gasteiger partial charge in [0.25, 0.3) is 0 Å². The van der Waals surface area contributed by atoms with Gasteiger partial charge in [-0.2, -0.15) is 0 Å². The van der Waals surface area contributed by atoms with Crippen molar-refractivity contribution in [1.82, 2.24) is 15.0 Å². The van der Waals surface area contributed by atoms with Crippen LogP contribution in [0.1, 0.15) is 44.9 Å². The smallest absolute Gasteiger partial charge is 0.180 e. The zero-order valence-corrected chi connectivity index (χ0v) is 20.3. The Balaban J connectivity index is 1.84. The molecule has 0 atom stereocenters. The Morgan fingerprint density at radius 2 is 1.97 bits per heavy atom. The predicted molar refractivity (Wildman–Crippen MR) is 125 cm³/mol. The van der Waals surface area contributed by atoms with Gasteiger partial charge in [0, 0.05) is 43.2 Å². The Morgan fingerprint density at radius 1 is 1.22 bits per heavy atom. The summed E-state index contributed by atoms with van der Waals surface area (Å²) in [4.78, 5) is 28.4. The van der Waals surface area contributed by atoms with Gasteiger partial charge in [-0.25, -0.2) is 18.4 Å². The van der Waals surface area contributed by atoms with Crippen molar-refractivity contribution < 1.29 is 17.9 Å². The van der Waals surface area contributed by atoms with Crippen LogP contribution in [0.4, 0.5) is 5.82 Å². The minimum absolute atomic E-state index is 0.0574. The van der Waals surface area contributed by atoms with Crippen molar-refractivity contribution in [2.24, 2.45) is 5.41 Å². The number of Topliss-reactive ketones (excluding diaryl/α,β-unsaturated/α-hetero) is 1. The number of pyridine rings is 1. The van der Waals surface area contributed by atoms with Gasteiger partial charge in [-0.3, -0.25) is 9.78 Å². The number of aromatic nitrogens is 3. The first-order valence-electron chi connectivity index (χ1n) is 10.8. The number of aryl methyl sites for hydroxylation is 1. The van der Waals surface area contributed by atoms with Crippen molar-refractivity contribution >= 4 is 21.4 Å². The monoisotopic (exact) mass is 460 g/mol. The van der Waals surface area contributed by atoms with Crippen LogP contribution in [-0.2, 0) is 27.5 Å². The van der Waals surface area contributed by atoms with Gasteiger partial charge < -0.3 is 9.64 Å². The second kappa shape index (κ2) is 9.52. The van der Waals surface area contributed by atoms with Crippen LogP contribution in [0.2, 0.25) is 0 Å². The lowest BCUT2D eigenvalue weighted by Gasteiger charge is -2.23. The Labute approximate surface area is 190 Å². The highest BCUT2D eigenvalue weighted by Gasteiger charge is 2.24. The molecule has 174 valence electrons. The number of carbonyl (C=O) groups excluding carboxylic acids is 1. The number of likely N-dealkylation sites (N-methyl/N-ethyl adjacent to an activating group) is 1. The third-order valence-corrected chi connectivity index (χ3v) is 6.01. The van der Waals surface area contributed by atoms with Crippen LogP contribution in [0.25, 0.3) is 11.5 Å². The molecule has 0 aliphatic heterocycles. The van der Waals surface area contributed by atoms with Crippen molar-refractivity contribution in [3.63, 3.8) is 0 Å². The predicted octanol–water partition coefficient (Wildman–Crippen LogP) is 2.89. The van der Waals surface area contributed by atoms with E-state index in [2.05, 4.69) is 25.8 Å². The molecule has 2 aromatic heterocycles. The number of anilines is 1. The molecule has 0 bridgehead atoms. The van der Waals surface area contributed by atoms with Crippen LogP contribution in [-0.4, -0.2) is 61.4 Å². The number of rotatable bonds is 9. The summed E-state index contributed by atoms with van der Waals surface area (Å²) in [5.74, 6) is 1.88. The number of nitrogens with zero attached hydrogens (tertiary/aromatic N) is 4. The topological polar surface area (TPSA) is 102 Å². The molecule has 0 aromatic carbocycles. The molecule has 1 aliphatic rings. The van der Waals surface area contributed by atoms with E-state index in [1.54, 1.807) is 18.3 Å². The van der Waals surface area contributed by atoms with Gasteiger partial charge in [0.2, 0.25) is 0 Å². The zero-order valence-electron chi connectivity index (χ0n) is 19.5. The van der Waals surface area contributed by atoms with Crippen LogP contribution in [0.5, 0.6) is 5.75 Å². The van der Waals surface area contributed by atoms with Crippen LogP contribution < -0.4 is 9.64 Å². The lowest BCUT2D eigenvalue weighted by atomic mass is 9.90. The second-order valence-corrected chi connectivity index (χ2v) is 11.9. The number of hydrogen-bond donors (Lipinski definition) is 0. The Hall–Kier alpha value is -2.55. The van der Waals surface area contributed by atoms with Gasteiger partial charge in [-0.15, -0.1) is 0 Å². The minimum atomic E-state index is -3.10. The summed E-state index contributed by atoms with van der Waals surface area (Å²) < 4.78 is 28.2. The maximum absolute atomic E-state index is 12.6. The summed E-state index contributed by atoms with van der Waals surface area (Å²) in [5, 5.41) is 0. The molecule has 32 heavy (non-hydrogen) atoms. The second-order valence-electron chi connectivity index (χ2n) is 9.64. The Morgan fingerprint density at radius 3 is 2.66 bits per heavy atom. The van der Waals surface area contributed by atoms with E-state index >= 15 is 0 Å². The molecule has 0 radical (unpaired) electrons. The van der Waals surface area contributed by atoms with Gasteiger partial charge in [0.15, 0.2) is 21.4 Å². The number of hydrogen-bond acceptors (Lipinski definition) is 8. The Bertz CT molecular complexity index is 1090. The maximum atomic E-state index is 12.6. The lowest BCUT2D eigenvalue weighted by Crippen LogP contribution is -2.30. The number of ketones is 1. The maximum Gasteiger partial charge on any atom is 0.180 e. The fourth-order valence-electron chi connectivity index (χ4n) is 3.76. The molecule has 3 rings (SSSR count). The highest BCUT2D eigenvalue weighted by Crippen LogP contribution is 2.31. The summed E-state index contributed by atoms with van der Waals surface area (Å²) in [6, 6.07) is 3.39. The van der Waals surface area contributed by atoms with Gasteiger partial charge in [0.05, 0.1) is 12.3 Å². The average molecular weight is 461 g/mol. The largest absolute Gasteiger partial charge is 0.492 e. The summed E-state index contributed by atoms with van der Waals surface area (Å²) in [7, 11) is -1.21. The van der Waals surface area contributed by atoms with Crippen molar-refractivity contribution in [1.29, 1.82) is 0 Å². The number of fused-ring (bicyclic) bond motifs is 1. The molecular formula is C23H32N4O4S. The number of carbonyl (C=O) groups is 1. The zero-order chi connectivity index (χ0) is 23.5. The van der Waals surface area contributed by atoms with Crippen molar-refractivity contribution in [2.75, 3.05) is 37.1 Å². The third-order valence-electron chi connectivity index (χ3n) is 5.10. The van der Waals surface area contributed by atoms with Crippen molar-refractivity contribution in [3.05, 3.63) is 29.6 Å². The molecule has 2 aromatic rings. The first kappa shape index (κ1) is 24.1. The van der Waals surface area contributed by atoms with E-state index in [0.29, 0.717) is 30.2 Å². The molecule has 0 N–H and O–H groups in total. The lowest BCUT2D eigenvalue weighted by molar-refractivity contribution is -0.119. The molecule has 8 nitrogen and oxygen atoms in total. The van der Waals surface area contributed by atoms with Gasteiger partial charge in [-0.05, 0) is 30.7 Å². The van der Waals surface area contributed by atoms with E-state index in [1.165, 1.54) is 6.26 Å². The van der Waals surface area contributed by atoms with Gasteiger partial charge in [-0.1, -0.05) is 20.8 Å². The van der Waals surface area contributed by atoms with E-state index in [1.807, 2.05) is 11.9 Å². The summed E-state index contributed by atoms with van der Waals surface area (Å²) in [5.41, 5.74) is 2.58. The summed E-state index contributed by atoms with van der Waals surface area (Å²) >= 11 is 0. The molecule has 2 heterocycles. The molecule has 0 unspecified atom stereocenters. The fraction of sp³-hybridized carbons (Fsp3) is 0.565. The van der Waals surface area contributed by atoms with Crippen LogP contribution in [0, 0.1) is 5.41 Å². The standard InChI is InChI=1S/C23H32N4O4S/c1-23(2,3)14-16(28)15-27(4)22-18-7-6-8-19(18)25-21(26-22)20-13-17(9-10-24-20)31-11-12-32(5,29)30/h9-10,13H,6-8,11-12,14-15H2,1-5H3. The van der Waals surface area contributed by atoms with E-state index in [0.717, 1.165) is 36.3 Å². The van der Waals surface area contributed by atoms with E-state index in [9.17, 15) is 13.2 Å². The molecular weight excluding hydrogens is 428 g/mol. The fourth-order valence-corrected chi connectivity index (χ4v) is 4.15. The van der Waals surface area contributed by atoms with Gasteiger partial charge in [0.1, 0.15) is 23.9 Å². The Kier molecular flexibility index (Phi) is 7.17. The average Bonchev–Trinajstić information content (AvgIpc) is 3.13. The van der Waals surface area contributed by atoms with Crippen LogP contribution >= 0.6 is 0 Å². The molecule has 1 aliphatic carbocycles. The summed E-state index contributed by atoms with van der Waals surface area (Å²) in [6.45, 7) is 6.53. The summed E-state index contributed by atoms with van der Waals surface area (Å²) in [6.07, 6.45) is 6.05. The first-order chi connectivity index (χ1) is 14.9. The van der Waals surface area contributed by atoms with E-state index in [4.69, 9.17) is 14.7 Å². The third kappa shape index (κ3) is 6.72. The van der Waals surface area contributed by atoms with Crippen LogP contribution in [0.3, 0.4) is 0 Å². The molecule has 9 heteroatoms. The first-order valence-corrected chi connectivity index (χ1v) is 12.9.